The molecule has 1 N–H and O–H groups in total. The van der Waals surface area contributed by atoms with Crippen molar-refractivity contribution in [1.29, 1.82) is 0 Å². The number of carbonyl (C=O) groups is 2. The Labute approximate surface area is 183 Å². The molecule has 0 saturated heterocycles. The third-order valence-electron chi connectivity index (χ3n) is 5.83. The number of hydrogen-bond acceptors (Lipinski definition) is 3. The predicted octanol–water partition coefficient (Wildman–Crippen LogP) is 5.28. The first-order valence-electron chi connectivity index (χ1n) is 10.8. The standard InChI is InChI=1S/C27H27NO3/c1-19(21-10-6-3-7-11-21)28-26(29)17-23-13-12-22-16-24(14-15-25(22)27(23)30)31-18-20-8-4-2-5-9-20/h2-11,14-16,19,23H,12-13,17-18H2,1H3,(H,28,29)/t19-,23?/m1/s1. The summed E-state index contributed by atoms with van der Waals surface area (Å²) in [4.78, 5) is 25.5. The van der Waals surface area contributed by atoms with Crippen molar-refractivity contribution in [2.24, 2.45) is 5.92 Å². The van der Waals surface area contributed by atoms with Gasteiger partial charge in [-0.2, -0.15) is 0 Å². The Balaban J connectivity index is 1.35. The minimum absolute atomic E-state index is 0.0540. The van der Waals surface area contributed by atoms with Crippen LogP contribution in [-0.4, -0.2) is 11.7 Å². The van der Waals surface area contributed by atoms with Gasteiger partial charge in [-0.15, -0.1) is 0 Å². The zero-order chi connectivity index (χ0) is 21.6. The molecule has 31 heavy (non-hydrogen) atoms. The zero-order valence-electron chi connectivity index (χ0n) is 17.7. The largest absolute Gasteiger partial charge is 0.489 e. The van der Waals surface area contributed by atoms with Crippen molar-refractivity contribution in [3.8, 4) is 5.75 Å². The van der Waals surface area contributed by atoms with E-state index in [1.807, 2.05) is 85.8 Å². The van der Waals surface area contributed by atoms with Crippen LogP contribution in [0.15, 0.2) is 78.9 Å². The minimum atomic E-state index is -0.272. The van der Waals surface area contributed by atoms with Crippen molar-refractivity contribution in [1.82, 2.24) is 5.32 Å². The number of fused-ring (bicyclic) bond motifs is 1. The average Bonchev–Trinajstić information content (AvgIpc) is 2.81. The van der Waals surface area contributed by atoms with Crippen molar-refractivity contribution in [2.45, 2.75) is 38.8 Å². The molecule has 1 unspecified atom stereocenters. The first-order chi connectivity index (χ1) is 15.1. The second-order valence-corrected chi connectivity index (χ2v) is 8.10. The molecule has 1 aliphatic carbocycles. The number of Topliss-reactive ketones (excluding diaryl/α,β-unsaturated/α-hetero) is 1. The molecule has 1 aliphatic rings. The van der Waals surface area contributed by atoms with Crippen LogP contribution in [-0.2, 0) is 17.8 Å². The summed E-state index contributed by atoms with van der Waals surface area (Å²) >= 11 is 0. The zero-order valence-corrected chi connectivity index (χ0v) is 17.7. The Morgan fingerprint density at radius 3 is 2.48 bits per heavy atom. The fourth-order valence-corrected chi connectivity index (χ4v) is 4.07. The molecular weight excluding hydrogens is 386 g/mol. The van der Waals surface area contributed by atoms with Gasteiger partial charge in [0.2, 0.25) is 5.91 Å². The summed E-state index contributed by atoms with van der Waals surface area (Å²) in [5.41, 5.74) is 3.88. The van der Waals surface area contributed by atoms with E-state index in [0.29, 0.717) is 18.6 Å². The molecule has 2 atom stereocenters. The third kappa shape index (κ3) is 5.21. The molecule has 4 rings (SSSR count). The Morgan fingerprint density at radius 1 is 1.03 bits per heavy atom. The number of amides is 1. The smallest absolute Gasteiger partial charge is 0.221 e. The highest BCUT2D eigenvalue weighted by Gasteiger charge is 2.29. The van der Waals surface area contributed by atoms with Gasteiger partial charge in [0.1, 0.15) is 12.4 Å². The SMILES string of the molecule is C[C@@H](NC(=O)CC1CCc2cc(OCc3ccccc3)ccc2C1=O)c1ccccc1. The highest BCUT2D eigenvalue weighted by atomic mass is 16.5. The Kier molecular flexibility index (Phi) is 6.46. The van der Waals surface area contributed by atoms with Crippen LogP contribution in [0.1, 0.15) is 52.9 Å². The van der Waals surface area contributed by atoms with Crippen molar-refractivity contribution >= 4 is 11.7 Å². The van der Waals surface area contributed by atoms with Gasteiger partial charge < -0.3 is 10.1 Å². The van der Waals surface area contributed by atoms with E-state index in [1.165, 1.54) is 0 Å². The summed E-state index contributed by atoms with van der Waals surface area (Å²) in [5, 5.41) is 3.02. The maximum Gasteiger partial charge on any atom is 0.221 e. The van der Waals surface area contributed by atoms with Gasteiger partial charge in [-0.05, 0) is 54.7 Å². The van der Waals surface area contributed by atoms with Gasteiger partial charge in [-0.3, -0.25) is 9.59 Å². The highest BCUT2D eigenvalue weighted by molar-refractivity contribution is 6.02. The van der Waals surface area contributed by atoms with E-state index in [1.54, 1.807) is 0 Å². The summed E-state index contributed by atoms with van der Waals surface area (Å²) in [6.07, 6.45) is 1.68. The van der Waals surface area contributed by atoms with Crippen LogP contribution in [0.3, 0.4) is 0 Å². The number of carbonyl (C=O) groups excluding carboxylic acids is 2. The monoisotopic (exact) mass is 413 g/mol. The molecule has 4 nitrogen and oxygen atoms in total. The van der Waals surface area contributed by atoms with Crippen LogP contribution in [0.4, 0.5) is 0 Å². The summed E-state index contributed by atoms with van der Waals surface area (Å²) in [7, 11) is 0. The first kappa shape index (κ1) is 20.9. The maximum atomic E-state index is 13.0. The molecule has 0 spiro atoms. The molecular formula is C27H27NO3. The van der Waals surface area contributed by atoms with Crippen LogP contribution in [0.5, 0.6) is 5.75 Å². The molecule has 0 radical (unpaired) electrons. The molecule has 3 aromatic rings. The van der Waals surface area contributed by atoms with Gasteiger partial charge in [0, 0.05) is 17.9 Å². The normalized spacial score (nSPS) is 16.3. The van der Waals surface area contributed by atoms with Crippen LogP contribution >= 0.6 is 0 Å². The second kappa shape index (κ2) is 9.61. The Bertz CT molecular complexity index is 1050. The van der Waals surface area contributed by atoms with Crippen molar-refractivity contribution in [3.05, 3.63) is 101 Å². The van der Waals surface area contributed by atoms with E-state index in [2.05, 4.69) is 5.32 Å². The number of benzene rings is 3. The number of ether oxygens (including phenoxy) is 1. The number of hydrogen-bond donors (Lipinski definition) is 1. The lowest BCUT2D eigenvalue weighted by atomic mass is 9.81. The molecule has 3 aromatic carbocycles. The maximum absolute atomic E-state index is 13.0. The van der Waals surface area contributed by atoms with Gasteiger partial charge in [-0.1, -0.05) is 60.7 Å². The number of aryl methyl sites for hydroxylation is 1. The van der Waals surface area contributed by atoms with E-state index in [9.17, 15) is 9.59 Å². The van der Waals surface area contributed by atoms with Crippen molar-refractivity contribution in [2.75, 3.05) is 0 Å². The fourth-order valence-electron chi connectivity index (χ4n) is 4.07. The summed E-state index contributed by atoms with van der Waals surface area (Å²) in [5.74, 6) is 0.467. The van der Waals surface area contributed by atoms with E-state index >= 15 is 0 Å². The molecule has 0 aromatic heterocycles. The Hall–Kier alpha value is -3.40. The van der Waals surface area contributed by atoms with E-state index < -0.39 is 0 Å². The highest BCUT2D eigenvalue weighted by Crippen LogP contribution is 2.30. The fraction of sp³-hybridized carbons (Fsp3) is 0.259. The topological polar surface area (TPSA) is 55.4 Å². The molecule has 158 valence electrons. The van der Waals surface area contributed by atoms with Gasteiger partial charge in [0.15, 0.2) is 5.78 Å². The van der Waals surface area contributed by atoms with Gasteiger partial charge >= 0.3 is 0 Å². The van der Waals surface area contributed by atoms with Crippen LogP contribution in [0.25, 0.3) is 0 Å². The molecule has 4 heteroatoms. The summed E-state index contributed by atoms with van der Waals surface area (Å²) < 4.78 is 5.90. The van der Waals surface area contributed by atoms with Crippen LogP contribution in [0.2, 0.25) is 0 Å². The molecule has 1 amide bonds. The van der Waals surface area contributed by atoms with Crippen LogP contribution in [0, 0.1) is 5.92 Å². The summed E-state index contributed by atoms with van der Waals surface area (Å²) in [6, 6.07) is 25.4. The van der Waals surface area contributed by atoms with Gasteiger partial charge in [0.05, 0.1) is 6.04 Å². The summed E-state index contributed by atoms with van der Waals surface area (Å²) in [6.45, 7) is 2.46. The van der Waals surface area contributed by atoms with E-state index in [4.69, 9.17) is 4.74 Å². The number of rotatable bonds is 7. The molecule has 0 bridgehead atoms. The quantitative estimate of drug-likeness (QED) is 0.573. The first-order valence-corrected chi connectivity index (χ1v) is 10.8. The van der Waals surface area contributed by atoms with Crippen molar-refractivity contribution < 1.29 is 14.3 Å². The number of ketones is 1. The number of nitrogens with one attached hydrogen (secondary N) is 1. The second-order valence-electron chi connectivity index (χ2n) is 8.10. The van der Waals surface area contributed by atoms with Gasteiger partial charge in [-0.25, -0.2) is 0 Å². The van der Waals surface area contributed by atoms with Gasteiger partial charge in [0.25, 0.3) is 0 Å². The van der Waals surface area contributed by atoms with Crippen LogP contribution < -0.4 is 10.1 Å². The van der Waals surface area contributed by atoms with Crippen molar-refractivity contribution in [3.63, 3.8) is 0 Å². The molecule has 0 saturated carbocycles. The molecule has 0 aliphatic heterocycles. The van der Waals surface area contributed by atoms with E-state index in [-0.39, 0.29) is 30.1 Å². The molecule has 0 heterocycles. The lowest BCUT2D eigenvalue weighted by Crippen LogP contribution is -2.32. The molecule has 0 fully saturated rings. The predicted molar refractivity (Wildman–Crippen MR) is 121 cm³/mol. The minimum Gasteiger partial charge on any atom is -0.489 e. The third-order valence-corrected chi connectivity index (χ3v) is 5.83. The lowest BCUT2D eigenvalue weighted by Gasteiger charge is -2.24. The van der Waals surface area contributed by atoms with E-state index in [0.717, 1.165) is 28.9 Å². The average molecular weight is 414 g/mol. The lowest BCUT2D eigenvalue weighted by molar-refractivity contribution is -0.122. The Morgan fingerprint density at radius 2 is 1.74 bits per heavy atom.